The molecule has 0 radical (unpaired) electrons. The highest BCUT2D eigenvalue weighted by molar-refractivity contribution is 5.77. The van der Waals surface area contributed by atoms with Gasteiger partial charge in [0, 0.05) is 0 Å². The lowest BCUT2D eigenvalue weighted by atomic mass is 9.96. The van der Waals surface area contributed by atoms with Crippen LogP contribution in [0, 0.1) is 0 Å². The predicted molar refractivity (Wildman–Crippen MR) is 44.7 cm³/mol. The van der Waals surface area contributed by atoms with Crippen LogP contribution in [0.5, 0.6) is 0 Å². The molecule has 3 nitrogen and oxygen atoms in total. The van der Waals surface area contributed by atoms with Crippen LogP contribution in [0.15, 0.2) is 0 Å². The van der Waals surface area contributed by atoms with Crippen molar-refractivity contribution >= 4 is 5.97 Å². The van der Waals surface area contributed by atoms with E-state index in [-0.39, 0.29) is 6.67 Å². The lowest BCUT2D eigenvalue weighted by Gasteiger charge is -2.18. The van der Waals surface area contributed by atoms with Gasteiger partial charge in [-0.25, -0.2) is 0 Å². The average molecular weight is 176 g/mol. The average Bonchev–Trinajstić information content (AvgIpc) is 1.98. The molecule has 0 heterocycles. The fourth-order valence-electron chi connectivity index (χ4n) is 0.870. The van der Waals surface area contributed by atoms with Gasteiger partial charge in [-0.1, -0.05) is 12.8 Å². The number of nitrogens with two attached hydrogens (primary N) is 1. The zero-order valence-electron chi connectivity index (χ0n) is 7.35. The van der Waals surface area contributed by atoms with Gasteiger partial charge in [-0.2, -0.15) is 0 Å². The van der Waals surface area contributed by atoms with E-state index in [1.54, 1.807) is 0 Å². The maximum absolute atomic E-state index is 11.6. The van der Waals surface area contributed by atoms with Crippen molar-refractivity contribution in [3.63, 3.8) is 0 Å². The van der Waals surface area contributed by atoms with Crippen molar-refractivity contribution in [2.45, 2.75) is 38.1 Å². The largest absolute Gasteiger partial charge is 0.480 e. The van der Waals surface area contributed by atoms with Crippen molar-refractivity contribution in [3.05, 3.63) is 0 Å². The molecule has 12 heavy (non-hydrogen) atoms. The molecular formula is C8H16FNO2. The Kier molecular flexibility index (Phi) is 4.81. The molecule has 1 atom stereocenters. The Morgan fingerprint density at radius 1 is 1.50 bits per heavy atom. The van der Waals surface area contributed by atoms with Gasteiger partial charge >= 0.3 is 5.97 Å². The van der Waals surface area contributed by atoms with Crippen LogP contribution in [0.3, 0.4) is 0 Å². The maximum Gasteiger partial charge on any atom is 0.323 e. The smallest absolute Gasteiger partial charge is 0.323 e. The van der Waals surface area contributed by atoms with E-state index >= 15 is 0 Å². The minimum absolute atomic E-state index is 0.339. The molecule has 0 amide bonds. The fourth-order valence-corrected chi connectivity index (χ4v) is 0.870. The van der Waals surface area contributed by atoms with E-state index in [4.69, 9.17) is 10.8 Å². The molecule has 0 bridgehead atoms. The van der Waals surface area contributed by atoms with E-state index in [1.807, 2.05) is 0 Å². The summed E-state index contributed by atoms with van der Waals surface area (Å²) in [5.41, 5.74) is 4.29. The van der Waals surface area contributed by atoms with E-state index in [0.717, 1.165) is 0 Å². The Balaban J connectivity index is 3.54. The van der Waals surface area contributed by atoms with Crippen molar-refractivity contribution in [3.8, 4) is 0 Å². The highest BCUT2D eigenvalue weighted by atomic mass is 18.2. The topological polar surface area (TPSA) is 63.3 Å². The van der Waals surface area contributed by atoms with Gasteiger partial charge in [0.05, 0.1) is 6.67 Å². The van der Waals surface area contributed by atoms with E-state index in [9.17, 15) is 9.18 Å². The fraction of sp³-hybridized carbons (Fsp3) is 0.875. The van der Waals surface area contributed by atoms with Gasteiger partial charge in [0.2, 0.25) is 0 Å². The molecule has 72 valence electrons. The summed E-state index contributed by atoms with van der Waals surface area (Å²) in [5.74, 6) is -0.997. The van der Waals surface area contributed by atoms with Crippen molar-refractivity contribution in [1.29, 1.82) is 0 Å². The van der Waals surface area contributed by atoms with Crippen LogP contribution in [-0.2, 0) is 4.79 Å². The number of halogens is 1. The molecule has 0 aliphatic carbocycles. The van der Waals surface area contributed by atoms with E-state index in [1.165, 1.54) is 6.92 Å². The van der Waals surface area contributed by atoms with Crippen LogP contribution in [-0.4, -0.2) is 23.3 Å². The van der Waals surface area contributed by atoms with Crippen LogP contribution >= 0.6 is 0 Å². The van der Waals surface area contributed by atoms with Crippen LogP contribution in [0.25, 0.3) is 0 Å². The summed E-state index contributed by atoms with van der Waals surface area (Å²) in [5, 5.41) is 8.60. The van der Waals surface area contributed by atoms with Crippen LogP contribution < -0.4 is 5.73 Å². The zero-order valence-corrected chi connectivity index (χ0v) is 7.35. The summed E-state index contributed by atoms with van der Waals surface area (Å²) >= 11 is 0. The Morgan fingerprint density at radius 3 is 2.50 bits per heavy atom. The Morgan fingerprint density at radius 2 is 2.08 bits per heavy atom. The van der Waals surface area contributed by atoms with Crippen molar-refractivity contribution in [2.75, 3.05) is 6.67 Å². The number of hydrogen-bond donors (Lipinski definition) is 2. The second-order valence-corrected chi connectivity index (χ2v) is 3.22. The highest BCUT2D eigenvalue weighted by Crippen LogP contribution is 2.11. The number of unbranched alkanes of at least 4 members (excludes halogenated alkanes) is 2. The van der Waals surface area contributed by atoms with Gasteiger partial charge in [-0.05, 0) is 19.8 Å². The van der Waals surface area contributed by atoms with Gasteiger partial charge in [-0.15, -0.1) is 0 Å². The van der Waals surface area contributed by atoms with Gasteiger partial charge < -0.3 is 10.8 Å². The molecule has 0 unspecified atom stereocenters. The second kappa shape index (κ2) is 5.09. The lowest BCUT2D eigenvalue weighted by molar-refractivity contribution is -0.142. The first-order valence-corrected chi connectivity index (χ1v) is 4.09. The third-order valence-corrected chi connectivity index (χ3v) is 1.82. The number of carboxylic acids is 1. The Bertz CT molecular complexity index is 148. The summed E-state index contributed by atoms with van der Waals surface area (Å²) in [6, 6.07) is 0. The molecule has 0 aliphatic heterocycles. The van der Waals surface area contributed by atoms with E-state index in [0.29, 0.717) is 25.7 Å². The van der Waals surface area contributed by atoms with Gasteiger partial charge in [0.1, 0.15) is 5.54 Å². The van der Waals surface area contributed by atoms with Gasteiger partial charge in [-0.3, -0.25) is 9.18 Å². The van der Waals surface area contributed by atoms with Crippen LogP contribution in [0.4, 0.5) is 4.39 Å². The molecular weight excluding hydrogens is 160 g/mol. The molecule has 0 fully saturated rings. The van der Waals surface area contributed by atoms with E-state index < -0.39 is 11.5 Å². The Labute approximate surface area is 71.8 Å². The molecule has 0 rings (SSSR count). The summed E-state index contributed by atoms with van der Waals surface area (Å²) < 4.78 is 11.6. The normalized spacial score (nSPS) is 15.6. The molecule has 0 aliphatic rings. The number of carboxylic acid groups (broad SMARTS) is 1. The molecule has 0 spiro atoms. The lowest BCUT2D eigenvalue weighted by Crippen LogP contribution is -2.44. The Hall–Kier alpha value is -0.640. The van der Waals surface area contributed by atoms with Crippen molar-refractivity contribution in [2.24, 2.45) is 5.73 Å². The first-order chi connectivity index (χ1) is 5.50. The first kappa shape index (κ1) is 11.4. The van der Waals surface area contributed by atoms with Crippen LogP contribution in [0.2, 0.25) is 0 Å². The first-order valence-electron chi connectivity index (χ1n) is 4.09. The molecule has 0 saturated heterocycles. The summed E-state index contributed by atoms with van der Waals surface area (Å²) in [4.78, 5) is 10.5. The standard InChI is InChI=1S/C8H16FNO2/c1-8(10,7(11)12)5-3-2-4-6-9/h2-6,10H2,1H3,(H,11,12)/t8-/m0/s1/i9-1. The minimum atomic E-state index is -1.16. The summed E-state index contributed by atoms with van der Waals surface area (Å²) in [6.45, 7) is 1.14. The molecule has 3 N–H and O–H groups in total. The third kappa shape index (κ3) is 4.28. The maximum atomic E-state index is 11.6. The van der Waals surface area contributed by atoms with Gasteiger partial charge in [0.15, 0.2) is 0 Å². The number of rotatable bonds is 6. The molecule has 0 aromatic heterocycles. The number of alkyl halides is 1. The van der Waals surface area contributed by atoms with Crippen molar-refractivity contribution in [1.82, 2.24) is 0 Å². The molecule has 0 saturated carbocycles. The van der Waals surface area contributed by atoms with Crippen LogP contribution in [0.1, 0.15) is 32.6 Å². The minimum Gasteiger partial charge on any atom is -0.480 e. The van der Waals surface area contributed by atoms with Crippen molar-refractivity contribution < 1.29 is 14.3 Å². The predicted octanol–water partition coefficient (Wildman–Crippen LogP) is 1.32. The quantitative estimate of drug-likeness (QED) is 0.600. The summed E-state index contributed by atoms with van der Waals surface area (Å²) in [7, 11) is 0. The number of aliphatic carboxylic acids is 1. The van der Waals surface area contributed by atoms with Gasteiger partial charge in [0.25, 0.3) is 0 Å². The second-order valence-electron chi connectivity index (χ2n) is 3.22. The summed E-state index contributed by atoms with van der Waals surface area (Å²) in [6.07, 6.45) is 2.28. The zero-order chi connectivity index (χ0) is 9.61. The number of hydrogen-bond acceptors (Lipinski definition) is 2. The molecule has 0 aromatic rings. The SMILES string of the molecule is C[C@](N)(CCCCC[18F])C(=O)O. The molecule has 0 aromatic carbocycles. The van der Waals surface area contributed by atoms with E-state index in [2.05, 4.69) is 0 Å². The highest BCUT2D eigenvalue weighted by Gasteiger charge is 2.26. The monoisotopic (exact) mass is 176 g/mol. The number of carbonyl (C=O) groups is 1. The molecule has 4 heteroatoms. The third-order valence-electron chi connectivity index (χ3n) is 1.82.